The van der Waals surface area contributed by atoms with E-state index < -0.39 is 0 Å². The van der Waals surface area contributed by atoms with Crippen molar-refractivity contribution < 1.29 is 9.59 Å². The number of hydrogen-bond donors (Lipinski definition) is 1. The van der Waals surface area contributed by atoms with Gasteiger partial charge in [0.25, 0.3) is 5.91 Å². The number of thiazole rings is 1. The average Bonchev–Trinajstić information content (AvgIpc) is 3.12. The number of halogens is 2. The highest BCUT2D eigenvalue weighted by Gasteiger charge is 2.11. The monoisotopic (exact) mass is 434 g/mol. The van der Waals surface area contributed by atoms with Gasteiger partial charge < -0.3 is 5.32 Å². The van der Waals surface area contributed by atoms with Crippen LogP contribution in [0.2, 0.25) is 10.0 Å². The van der Waals surface area contributed by atoms with Crippen LogP contribution in [-0.2, 0) is 13.0 Å². The van der Waals surface area contributed by atoms with Gasteiger partial charge in [0.05, 0.1) is 39.7 Å². The molecule has 0 atom stereocenters. The molecule has 28 heavy (non-hydrogen) atoms. The number of carbonyl (C=O) groups is 2. The third-order valence-electron chi connectivity index (χ3n) is 3.87. The Hall–Kier alpha value is -2.35. The first-order chi connectivity index (χ1) is 13.4. The highest BCUT2D eigenvalue weighted by atomic mass is 35.5. The number of aromatic nitrogens is 3. The normalized spacial score (nSPS) is 10.7. The summed E-state index contributed by atoms with van der Waals surface area (Å²) in [4.78, 5) is 38.0. The molecule has 1 aromatic carbocycles. The van der Waals surface area contributed by atoms with Crippen molar-refractivity contribution in [2.24, 2.45) is 0 Å². The summed E-state index contributed by atoms with van der Waals surface area (Å²) < 4.78 is 0. The van der Waals surface area contributed by atoms with E-state index >= 15 is 0 Å². The minimum Gasteiger partial charge on any atom is -0.346 e. The molecule has 0 saturated heterocycles. The molecule has 0 spiro atoms. The van der Waals surface area contributed by atoms with Crippen molar-refractivity contribution in [1.82, 2.24) is 20.3 Å². The Kier molecular flexibility index (Phi) is 6.72. The molecule has 0 saturated carbocycles. The first-order valence-electron chi connectivity index (χ1n) is 8.41. The van der Waals surface area contributed by atoms with Crippen LogP contribution in [0.15, 0.2) is 36.8 Å². The van der Waals surface area contributed by atoms with E-state index in [-0.39, 0.29) is 18.2 Å². The van der Waals surface area contributed by atoms with E-state index in [4.69, 9.17) is 23.2 Å². The smallest absolute Gasteiger partial charge is 0.251 e. The lowest BCUT2D eigenvalue weighted by molar-refractivity contribution is 0.0947. The van der Waals surface area contributed by atoms with Gasteiger partial charge in [-0.25, -0.2) is 9.97 Å². The van der Waals surface area contributed by atoms with Crippen LogP contribution >= 0.6 is 34.5 Å². The van der Waals surface area contributed by atoms with Crippen LogP contribution in [0.1, 0.15) is 42.8 Å². The van der Waals surface area contributed by atoms with Crippen molar-refractivity contribution in [3.8, 4) is 0 Å². The van der Waals surface area contributed by atoms with E-state index in [0.29, 0.717) is 39.8 Å². The van der Waals surface area contributed by atoms with Crippen molar-refractivity contribution >= 4 is 46.2 Å². The van der Waals surface area contributed by atoms with Crippen LogP contribution in [0.4, 0.5) is 0 Å². The summed E-state index contributed by atoms with van der Waals surface area (Å²) in [5.74, 6) is -0.384. The number of amides is 1. The largest absolute Gasteiger partial charge is 0.346 e. The fraction of sp³-hybridized carbons (Fsp3) is 0.211. The van der Waals surface area contributed by atoms with Crippen molar-refractivity contribution in [3.63, 3.8) is 0 Å². The molecule has 2 aromatic heterocycles. The summed E-state index contributed by atoms with van der Waals surface area (Å²) in [5, 5.41) is 4.40. The van der Waals surface area contributed by atoms with Gasteiger partial charge in [0, 0.05) is 23.1 Å². The number of ketones is 1. The van der Waals surface area contributed by atoms with Gasteiger partial charge >= 0.3 is 0 Å². The molecular formula is C19H16Cl2N4O2S. The van der Waals surface area contributed by atoms with Crippen molar-refractivity contribution in [2.45, 2.75) is 26.3 Å². The third-order valence-corrected chi connectivity index (χ3v) is 5.58. The quantitative estimate of drug-likeness (QED) is 0.560. The van der Waals surface area contributed by atoms with Crippen molar-refractivity contribution in [3.05, 3.63) is 73.7 Å². The van der Waals surface area contributed by atoms with Crippen molar-refractivity contribution in [1.29, 1.82) is 0 Å². The predicted molar refractivity (Wildman–Crippen MR) is 109 cm³/mol. The molecule has 6 nitrogen and oxygen atoms in total. The summed E-state index contributed by atoms with van der Waals surface area (Å²) >= 11 is 13.3. The molecule has 0 aliphatic heterocycles. The number of Topliss-reactive ketones (excluding diaryl/α,β-unsaturated/α-hetero) is 1. The number of nitrogens with one attached hydrogen (secondary N) is 1. The molecule has 3 rings (SSSR count). The Bertz CT molecular complexity index is 1010. The molecule has 0 unspecified atom stereocenters. The number of nitrogens with zero attached hydrogens (tertiary/aromatic N) is 3. The second-order valence-electron chi connectivity index (χ2n) is 5.97. The summed E-state index contributed by atoms with van der Waals surface area (Å²) in [6, 6.07) is 4.64. The van der Waals surface area contributed by atoms with Crippen LogP contribution in [0.3, 0.4) is 0 Å². The minimum atomic E-state index is -0.305. The standard InChI is InChI=1S/C19H16Cl2N4O2S/c1-11-22-9-14(28-11)3-5-18(26)17-10-23-13(7-24-17)8-25-19(27)12-2-4-15(20)16(21)6-12/h2,4,6-7,9-10H,3,5,8H2,1H3,(H,25,27). The minimum absolute atomic E-state index is 0.0788. The Morgan fingerprint density at radius 3 is 2.54 bits per heavy atom. The van der Waals surface area contributed by atoms with Gasteiger partial charge in [0.15, 0.2) is 5.78 Å². The topological polar surface area (TPSA) is 84.8 Å². The molecule has 1 amide bonds. The lowest BCUT2D eigenvalue weighted by atomic mass is 10.1. The zero-order valence-corrected chi connectivity index (χ0v) is 17.2. The van der Waals surface area contributed by atoms with E-state index in [9.17, 15) is 9.59 Å². The van der Waals surface area contributed by atoms with Crippen LogP contribution in [0.5, 0.6) is 0 Å². The van der Waals surface area contributed by atoms with Gasteiger partial charge in [-0.05, 0) is 31.5 Å². The zero-order chi connectivity index (χ0) is 20.1. The maximum absolute atomic E-state index is 12.2. The Labute approximate surface area is 176 Å². The Morgan fingerprint density at radius 1 is 1.07 bits per heavy atom. The second-order valence-corrected chi connectivity index (χ2v) is 8.11. The molecule has 9 heteroatoms. The highest BCUT2D eigenvalue weighted by Crippen LogP contribution is 2.22. The number of aryl methyl sites for hydroxylation is 2. The first kappa shape index (κ1) is 20.4. The van der Waals surface area contributed by atoms with Crippen LogP contribution in [0.25, 0.3) is 0 Å². The lowest BCUT2D eigenvalue weighted by Gasteiger charge is -2.06. The van der Waals surface area contributed by atoms with Crippen LogP contribution < -0.4 is 5.32 Å². The zero-order valence-electron chi connectivity index (χ0n) is 14.9. The molecule has 0 radical (unpaired) electrons. The number of benzene rings is 1. The molecule has 0 aliphatic rings. The predicted octanol–water partition coefficient (Wildman–Crippen LogP) is 4.29. The Morgan fingerprint density at radius 2 is 1.89 bits per heavy atom. The molecule has 2 heterocycles. The van der Waals surface area contributed by atoms with E-state index in [1.807, 2.05) is 6.92 Å². The summed E-state index contributed by atoms with van der Waals surface area (Å²) in [6.07, 6.45) is 5.69. The fourth-order valence-electron chi connectivity index (χ4n) is 2.39. The molecule has 0 aliphatic carbocycles. The second kappa shape index (κ2) is 9.23. The summed E-state index contributed by atoms with van der Waals surface area (Å²) in [5.41, 5.74) is 1.25. The van der Waals surface area contributed by atoms with Gasteiger partial charge in [-0.3, -0.25) is 14.6 Å². The summed E-state index contributed by atoms with van der Waals surface area (Å²) in [7, 11) is 0. The number of carbonyl (C=O) groups excluding carboxylic acids is 2. The number of hydrogen-bond acceptors (Lipinski definition) is 6. The molecule has 0 fully saturated rings. The van der Waals surface area contributed by atoms with Gasteiger partial charge in [-0.2, -0.15) is 0 Å². The van der Waals surface area contributed by atoms with E-state index in [2.05, 4.69) is 20.3 Å². The van der Waals surface area contributed by atoms with Gasteiger partial charge in [-0.15, -0.1) is 11.3 Å². The van der Waals surface area contributed by atoms with Crippen LogP contribution in [-0.4, -0.2) is 26.6 Å². The van der Waals surface area contributed by atoms with Crippen LogP contribution in [0, 0.1) is 6.92 Å². The maximum Gasteiger partial charge on any atom is 0.251 e. The number of rotatable bonds is 7. The fourth-order valence-corrected chi connectivity index (χ4v) is 3.48. The van der Waals surface area contributed by atoms with Gasteiger partial charge in [0.1, 0.15) is 5.69 Å². The van der Waals surface area contributed by atoms with E-state index in [0.717, 1.165) is 9.88 Å². The van der Waals surface area contributed by atoms with E-state index in [1.165, 1.54) is 18.5 Å². The SMILES string of the molecule is Cc1ncc(CCC(=O)c2cnc(CNC(=O)c3ccc(Cl)c(Cl)c3)cn2)s1. The molecule has 0 bridgehead atoms. The maximum atomic E-state index is 12.2. The van der Waals surface area contributed by atoms with Gasteiger partial charge in [0.2, 0.25) is 0 Å². The highest BCUT2D eigenvalue weighted by molar-refractivity contribution is 7.11. The third kappa shape index (κ3) is 5.34. The first-order valence-corrected chi connectivity index (χ1v) is 9.98. The molecule has 3 aromatic rings. The van der Waals surface area contributed by atoms with Crippen molar-refractivity contribution in [2.75, 3.05) is 0 Å². The van der Waals surface area contributed by atoms with Gasteiger partial charge in [-0.1, -0.05) is 23.2 Å². The average molecular weight is 435 g/mol. The Balaban J connectivity index is 1.52. The molecular weight excluding hydrogens is 419 g/mol. The van der Waals surface area contributed by atoms with E-state index in [1.54, 1.807) is 29.7 Å². The lowest BCUT2D eigenvalue weighted by Crippen LogP contribution is -2.23. The molecule has 1 N–H and O–H groups in total. The molecule has 144 valence electrons. The summed E-state index contributed by atoms with van der Waals surface area (Å²) in [6.45, 7) is 2.11.